The lowest BCUT2D eigenvalue weighted by atomic mass is 10.1. The van der Waals surface area contributed by atoms with Crippen LogP contribution in [-0.4, -0.2) is 17.8 Å². The minimum Gasteiger partial charge on any atom is -0.483 e. The van der Waals surface area contributed by atoms with Crippen molar-refractivity contribution >= 4 is 10.9 Å². The Labute approximate surface area is 101 Å². The number of nitrogens with zero attached hydrogens (tertiary/aromatic N) is 1. The molecule has 1 aromatic carbocycles. The standard InChI is InChI=1S/C12H11F3N2O/c13-12(14,15)7-18-11-8(5-16)6-17-10-4-2-1-3-9(10)11/h1-4,6H,5,7,16H2. The average molecular weight is 256 g/mol. The second-order valence-corrected chi connectivity index (χ2v) is 3.74. The van der Waals surface area contributed by atoms with Crippen molar-refractivity contribution in [1.29, 1.82) is 0 Å². The molecule has 0 unspecified atom stereocenters. The number of benzene rings is 1. The van der Waals surface area contributed by atoms with Crippen LogP contribution in [-0.2, 0) is 6.54 Å². The third kappa shape index (κ3) is 2.70. The third-order valence-electron chi connectivity index (χ3n) is 2.40. The van der Waals surface area contributed by atoms with Gasteiger partial charge >= 0.3 is 6.18 Å². The largest absolute Gasteiger partial charge is 0.483 e. The zero-order valence-electron chi connectivity index (χ0n) is 9.37. The molecule has 0 saturated heterocycles. The number of para-hydroxylation sites is 1. The van der Waals surface area contributed by atoms with Crippen LogP contribution in [0, 0.1) is 0 Å². The van der Waals surface area contributed by atoms with E-state index in [0.717, 1.165) is 0 Å². The Morgan fingerprint density at radius 2 is 1.94 bits per heavy atom. The number of pyridine rings is 1. The lowest BCUT2D eigenvalue weighted by Gasteiger charge is -2.14. The molecule has 0 aliphatic carbocycles. The topological polar surface area (TPSA) is 48.1 Å². The first-order valence-electron chi connectivity index (χ1n) is 5.27. The summed E-state index contributed by atoms with van der Waals surface area (Å²) in [6.45, 7) is -1.26. The van der Waals surface area contributed by atoms with E-state index in [1.54, 1.807) is 24.3 Å². The minimum atomic E-state index is -4.38. The van der Waals surface area contributed by atoms with Gasteiger partial charge < -0.3 is 10.5 Å². The number of ether oxygens (including phenoxy) is 1. The molecule has 18 heavy (non-hydrogen) atoms. The van der Waals surface area contributed by atoms with E-state index in [1.807, 2.05) is 0 Å². The van der Waals surface area contributed by atoms with Gasteiger partial charge in [0.25, 0.3) is 0 Å². The van der Waals surface area contributed by atoms with E-state index in [4.69, 9.17) is 10.5 Å². The van der Waals surface area contributed by atoms with Gasteiger partial charge in [-0.2, -0.15) is 13.2 Å². The van der Waals surface area contributed by atoms with Crippen LogP contribution in [0.5, 0.6) is 5.75 Å². The summed E-state index contributed by atoms with van der Waals surface area (Å²) in [5.74, 6) is 0.153. The molecule has 0 spiro atoms. The summed E-state index contributed by atoms with van der Waals surface area (Å²) in [7, 11) is 0. The Morgan fingerprint density at radius 3 is 2.61 bits per heavy atom. The Balaban J connectivity index is 2.44. The zero-order valence-corrected chi connectivity index (χ0v) is 9.37. The summed E-state index contributed by atoms with van der Waals surface area (Å²) in [5.41, 5.74) is 6.51. The molecule has 2 aromatic rings. The maximum Gasteiger partial charge on any atom is 0.422 e. The number of halogens is 3. The molecule has 2 N–H and O–H groups in total. The van der Waals surface area contributed by atoms with Crippen molar-refractivity contribution in [2.45, 2.75) is 12.7 Å². The molecular formula is C12H11F3N2O. The first kappa shape index (κ1) is 12.6. The van der Waals surface area contributed by atoms with Crippen molar-refractivity contribution in [2.24, 2.45) is 5.73 Å². The fourth-order valence-corrected chi connectivity index (χ4v) is 1.63. The molecule has 96 valence electrons. The predicted molar refractivity (Wildman–Crippen MR) is 61.2 cm³/mol. The van der Waals surface area contributed by atoms with Crippen molar-refractivity contribution in [3.63, 3.8) is 0 Å². The van der Waals surface area contributed by atoms with Crippen molar-refractivity contribution in [3.05, 3.63) is 36.0 Å². The Bertz CT molecular complexity index is 555. The molecule has 6 heteroatoms. The highest BCUT2D eigenvalue weighted by Gasteiger charge is 2.29. The SMILES string of the molecule is NCc1cnc2ccccc2c1OCC(F)(F)F. The number of fused-ring (bicyclic) bond motifs is 1. The van der Waals surface area contributed by atoms with E-state index >= 15 is 0 Å². The van der Waals surface area contributed by atoms with Crippen LogP contribution in [0.1, 0.15) is 5.56 Å². The van der Waals surface area contributed by atoms with Gasteiger partial charge in [-0.3, -0.25) is 4.98 Å². The molecular weight excluding hydrogens is 245 g/mol. The molecule has 1 aromatic heterocycles. The van der Waals surface area contributed by atoms with E-state index in [9.17, 15) is 13.2 Å². The first-order chi connectivity index (χ1) is 8.51. The second-order valence-electron chi connectivity index (χ2n) is 3.74. The maximum atomic E-state index is 12.2. The van der Waals surface area contributed by atoms with Crippen LogP contribution in [0.2, 0.25) is 0 Å². The summed E-state index contributed by atoms with van der Waals surface area (Å²) in [5, 5.41) is 0.532. The van der Waals surface area contributed by atoms with Crippen LogP contribution in [0.4, 0.5) is 13.2 Å². The minimum absolute atomic E-state index is 0.0744. The van der Waals surface area contributed by atoms with E-state index in [-0.39, 0.29) is 12.3 Å². The van der Waals surface area contributed by atoms with Gasteiger partial charge in [0.05, 0.1) is 5.52 Å². The smallest absolute Gasteiger partial charge is 0.422 e. The van der Waals surface area contributed by atoms with Crippen LogP contribution < -0.4 is 10.5 Å². The normalized spacial score (nSPS) is 11.8. The van der Waals surface area contributed by atoms with Gasteiger partial charge in [0.1, 0.15) is 5.75 Å². The molecule has 1 heterocycles. The molecule has 0 aliphatic rings. The van der Waals surface area contributed by atoms with Gasteiger partial charge in [0.2, 0.25) is 0 Å². The maximum absolute atomic E-state index is 12.2. The van der Waals surface area contributed by atoms with Crippen LogP contribution >= 0.6 is 0 Å². The monoisotopic (exact) mass is 256 g/mol. The highest BCUT2D eigenvalue weighted by Crippen LogP contribution is 2.29. The Hall–Kier alpha value is -1.82. The summed E-state index contributed by atoms with van der Waals surface area (Å²) >= 11 is 0. The van der Waals surface area contributed by atoms with Crippen LogP contribution in [0.3, 0.4) is 0 Å². The molecule has 0 amide bonds. The van der Waals surface area contributed by atoms with Crippen molar-refractivity contribution in [1.82, 2.24) is 4.98 Å². The number of aromatic nitrogens is 1. The van der Waals surface area contributed by atoms with E-state index in [0.29, 0.717) is 16.5 Å². The van der Waals surface area contributed by atoms with Crippen LogP contribution in [0.25, 0.3) is 10.9 Å². The van der Waals surface area contributed by atoms with Gasteiger partial charge in [-0.1, -0.05) is 12.1 Å². The van der Waals surface area contributed by atoms with Gasteiger partial charge in [-0.05, 0) is 12.1 Å². The van der Waals surface area contributed by atoms with Crippen molar-refractivity contribution in [2.75, 3.05) is 6.61 Å². The lowest BCUT2D eigenvalue weighted by molar-refractivity contribution is -0.153. The third-order valence-corrected chi connectivity index (χ3v) is 2.40. The quantitative estimate of drug-likeness (QED) is 0.918. The zero-order chi connectivity index (χ0) is 13.2. The number of rotatable bonds is 3. The summed E-state index contributed by atoms with van der Waals surface area (Å²) in [6, 6.07) is 6.83. The molecule has 2 rings (SSSR count). The molecule has 0 saturated carbocycles. The van der Waals surface area contributed by atoms with E-state index in [1.165, 1.54) is 6.20 Å². The highest BCUT2D eigenvalue weighted by molar-refractivity contribution is 5.86. The number of hydrogen-bond acceptors (Lipinski definition) is 3. The fraction of sp³-hybridized carbons (Fsp3) is 0.250. The first-order valence-corrected chi connectivity index (χ1v) is 5.27. The molecule has 0 radical (unpaired) electrons. The van der Waals surface area contributed by atoms with E-state index in [2.05, 4.69) is 4.98 Å². The summed E-state index contributed by atoms with van der Waals surface area (Å²) in [4.78, 5) is 4.12. The van der Waals surface area contributed by atoms with Crippen molar-refractivity contribution in [3.8, 4) is 5.75 Å². The average Bonchev–Trinajstić information content (AvgIpc) is 2.34. The predicted octanol–water partition coefficient (Wildman–Crippen LogP) is 2.63. The van der Waals surface area contributed by atoms with Gasteiger partial charge in [-0.15, -0.1) is 0 Å². The molecule has 3 nitrogen and oxygen atoms in total. The molecule has 0 atom stereocenters. The van der Waals surface area contributed by atoms with Gasteiger partial charge in [-0.25, -0.2) is 0 Å². The van der Waals surface area contributed by atoms with Crippen molar-refractivity contribution < 1.29 is 17.9 Å². The molecule has 0 bridgehead atoms. The summed E-state index contributed by atoms with van der Waals surface area (Å²) < 4.78 is 41.5. The Kier molecular flexibility index (Phi) is 3.38. The number of nitrogens with two attached hydrogens (primary N) is 1. The number of hydrogen-bond donors (Lipinski definition) is 1. The second kappa shape index (κ2) is 4.81. The Morgan fingerprint density at radius 1 is 1.22 bits per heavy atom. The summed E-state index contributed by atoms with van der Waals surface area (Å²) in [6.07, 6.45) is -2.94. The van der Waals surface area contributed by atoms with Gasteiger partial charge in [0.15, 0.2) is 6.61 Å². The molecule has 0 aliphatic heterocycles. The highest BCUT2D eigenvalue weighted by atomic mass is 19.4. The number of alkyl halides is 3. The van der Waals surface area contributed by atoms with E-state index < -0.39 is 12.8 Å². The lowest BCUT2D eigenvalue weighted by Crippen LogP contribution is -2.20. The molecule has 0 fully saturated rings. The van der Waals surface area contributed by atoms with Gasteiger partial charge in [0, 0.05) is 23.7 Å². The van der Waals surface area contributed by atoms with Crippen LogP contribution in [0.15, 0.2) is 30.5 Å². The fourth-order valence-electron chi connectivity index (χ4n) is 1.63.